The van der Waals surface area contributed by atoms with Gasteiger partial charge in [0.2, 0.25) is 23.6 Å². The number of nitrogens with zero attached hydrogens (tertiary/aromatic N) is 2. The quantitative estimate of drug-likeness (QED) is 0.0200. The molecule has 15 heteroatoms. The van der Waals surface area contributed by atoms with Crippen LogP contribution in [0.4, 0.5) is 0 Å². The molecule has 0 aliphatic rings. The summed E-state index contributed by atoms with van der Waals surface area (Å²) in [5.41, 5.74) is 0. The van der Waals surface area contributed by atoms with Crippen molar-refractivity contribution in [2.75, 3.05) is 79.5 Å². The Balaban J connectivity index is -0.00000178. The number of rotatable bonds is 78. The van der Waals surface area contributed by atoms with E-state index in [2.05, 4.69) is 76.9 Å². The Kier molecular flexibility index (Phi) is 83.2. The van der Waals surface area contributed by atoms with Crippen molar-refractivity contribution < 1.29 is 45.7 Å². The first-order valence-corrected chi connectivity index (χ1v) is 45.7. The lowest BCUT2D eigenvalue weighted by molar-refractivity contribution is -0.905. The van der Waals surface area contributed by atoms with Crippen molar-refractivity contribution in [2.45, 2.75) is 452 Å². The van der Waals surface area contributed by atoms with Gasteiger partial charge < -0.3 is 39.3 Å². The maximum atomic E-state index is 12.4. The zero-order valence-electron chi connectivity index (χ0n) is 68.9. The van der Waals surface area contributed by atoms with Gasteiger partial charge in [0.05, 0.1) is 79.5 Å². The number of amides is 4. The number of carbonyl (C=O) groups is 4. The van der Waals surface area contributed by atoms with Gasteiger partial charge in [-0.1, -0.05) is 387 Å². The van der Waals surface area contributed by atoms with Gasteiger partial charge in [-0.3, -0.25) is 27.6 Å². The molecular formula is C86H176N6O8S. The number of likely N-dealkylation sites (N-methyl/N-ethyl adjacent to an activating group) is 2. The van der Waals surface area contributed by atoms with Crippen LogP contribution in [0.25, 0.3) is 0 Å². The second-order valence-electron chi connectivity index (χ2n) is 31.4. The molecule has 0 atom stereocenters. The minimum atomic E-state index is -5.17. The van der Waals surface area contributed by atoms with Crippen molar-refractivity contribution in [1.29, 1.82) is 0 Å². The van der Waals surface area contributed by atoms with Crippen LogP contribution in [0.3, 0.4) is 0 Å². The Morgan fingerprint density at radius 2 is 0.337 bits per heavy atom. The number of carbonyl (C=O) groups excluding carboxylic acids is 4. The predicted octanol–water partition coefficient (Wildman–Crippen LogP) is 23.1. The first-order valence-electron chi connectivity index (χ1n) is 44.3. The third-order valence-electron chi connectivity index (χ3n) is 21.5. The second kappa shape index (κ2) is 81.7. The zero-order chi connectivity index (χ0) is 75.0. The molecule has 101 heavy (non-hydrogen) atoms. The van der Waals surface area contributed by atoms with E-state index in [9.17, 15) is 19.2 Å². The van der Waals surface area contributed by atoms with Gasteiger partial charge in [-0.2, -0.15) is 0 Å². The maximum absolute atomic E-state index is 12.4. The molecule has 0 rings (SSSR count). The standard InChI is InChI=1S/2C43H87N3O2.H2O4S/c2*1-5-8-10-12-14-16-18-20-22-24-26-28-30-32-34-36-42(47)44-38-40-46(4,7-3)41-39-45-43(48)37-35-33-31-29-27-25-23-21-19-17-15-13-11-9-6-2;1-5(2,3)4/h2*5-41H2,1-4H3,(H-,44,45,47,48);(H2,1,2,3,4). The van der Waals surface area contributed by atoms with Gasteiger partial charge in [-0.15, -0.1) is 0 Å². The van der Waals surface area contributed by atoms with Gasteiger partial charge in [0.15, 0.2) is 0 Å². The van der Waals surface area contributed by atoms with Crippen LogP contribution in [0.1, 0.15) is 452 Å². The maximum Gasteiger partial charge on any atom is 0.220 e. The van der Waals surface area contributed by atoms with Crippen LogP contribution in [0, 0.1) is 0 Å². The Labute approximate surface area is 629 Å². The van der Waals surface area contributed by atoms with Crippen molar-refractivity contribution >= 4 is 34.0 Å². The molecular weight excluding hydrogens is 1280 g/mol. The molecule has 604 valence electrons. The molecule has 0 radical (unpaired) electrons. The van der Waals surface area contributed by atoms with Gasteiger partial charge in [0.25, 0.3) is 0 Å². The van der Waals surface area contributed by atoms with Crippen LogP contribution in [-0.4, -0.2) is 130 Å². The normalized spacial score (nSPS) is 11.7. The van der Waals surface area contributed by atoms with E-state index in [-0.39, 0.29) is 23.6 Å². The fraction of sp³-hybridized carbons (Fsp3) is 0.953. The topological polar surface area (TPSA) is 197 Å². The molecule has 0 aromatic heterocycles. The Morgan fingerprint density at radius 3 is 0.446 bits per heavy atom. The van der Waals surface area contributed by atoms with E-state index < -0.39 is 10.4 Å². The molecule has 0 aromatic carbocycles. The van der Waals surface area contributed by atoms with Crippen molar-refractivity contribution in [2.24, 2.45) is 0 Å². The Bertz CT molecular complexity index is 1620. The number of quaternary nitrogens is 2. The molecule has 0 aliphatic carbocycles. The molecule has 0 saturated carbocycles. The summed E-state index contributed by atoms with van der Waals surface area (Å²) >= 11 is 0. The van der Waals surface area contributed by atoms with E-state index in [1.54, 1.807) is 0 Å². The van der Waals surface area contributed by atoms with E-state index in [4.69, 9.17) is 17.5 Å². The highest BCUT2D eigenvalue weighted by molar-refractivity contribution is 7.79. The summed E-state index contributed by atoms with van der Waals surface area (Å²) in [5.74, 6) is 0.793. The van der Waals surface area contributed by atoms with E-state index in [0.29, 0.717) is 25.7 Å². The van der Waals surface area contributed by atoms with Gasteiger partial charge in [-0.05, 0) is 39.5 Å². The minimum Gasteiger partial charge on any atom is -0.759 e. The number of nitrogens with one attached hydrogen (secondary N) is 4. The monoisotopic (exact) mass is 1450 g/mol. The van der Waals surface area contributed by atoms with Crippen molar-refractivity contribution in [3.05, 3.63) is 0 Å². The highest BCUT2D eigenvalue weighted by Crippen LogP contribution is 2.19. The average molecular weight is 1450 g/mol. The molecule has 0 fully saturated rings. The average Bonchev–Trinajstić information content (AvgIpc) is 0.949. The highest BCUT2D eigenvalue weighted by Gasteiger charge is 2.21. The molecule has 0 unspecified atom stereocenters. The molecule has 14 nitrogen and oxygen atoms in total. The molecule has 0 bridgehead atoms. The lowest BCUT2D eigenvalue weighted by Crippen LogP contribution is -2.52. The number of hydrogen-bond acceptors (Lipinski definition) is 8. The molecule has 0 aliphatic heterocycles. The number of unbranched alkanes of at least 4 members (excludes halogenated alkanes) is 56. The van der Waals surface area contributed by atoms with Crippen LogP contribution >= 0.6 is 0 Å². The van der Waals surface area contributed by atoms with Gasteiger partial charge in [0.1, 0.15) is 0 Å². The molecule has 0 spiro atoms. The third-order valence-corrected chi connectivity index (χ3v) is 21.5. The van der Waals surface area contributed by atoms with E-state index in [1.807, 2.05) is 0 Å². The fourth-order valence-corrected chi connectivity index (χ4v) is 13.7. The third kappa shape index (κ3) is 90.0. The first-order chi connectivity index (χ1) is 48.9. The fourth-order valence-electron chi connectivity index (χ4n) is 13.7. The molecule has 0 aromatic rings. The van der Waals surface area contributed by atoms with Crippen LogP contribution in [-0.2, 0) is 29.6 Å². The molecule has 0 saturated heterocycles. The van der Waals surface area contributed by atoms with Crippen molar-refractivity contribution in [3.8, 4) is 0 Å². The van der Waals surface area contributed by atoms with Gasteiger partial charge >= 0.3 is 0 Å². The summed E-state index contributed by atoms with van der Waals surface area (Å²) in [4.78, 5) is 49.4. The minimum absolute atomic E-state index is 0.198. The molecule has 0 heterocycles. The lowest BCUT2D eigenvalue weighted by Gasteiger charge is -2.33. The largest absolute Gasteiger partial charge is 0.759 e. The summed E-state index contributed by atoms with van der Waals surface area (Å²) in [6.45, 7) is 22.1. The van der Waals surface area contributed by atoms with Crippen LogP contribution in [0.15, 0.2) is 0 Å². The van der Waals surface area contributed by atoms with Crippen molar-refractivity contribution in [1.82, 2.24) is 21.3 Å². The van der Waals surface area contributed by atoms with Crippen LogP contribution < -0.4 is 21.3 Å². The molecule has 4 N–H and O–H groups in total. The lowest BCUT2D eigenvalue weighted by atomic mass is 10.0. The Morgan fingerprint density at radius 1 is 0.228 bits per heavy atom. The molecule has 4 amide bonds. The second-order valence-corrected chi connectivity index (χ2v) is 32.2. The van der Waals surface area contributed by atoms with Crippen LogP contribution in [0.2, 0.25) is 0 Å². The van der Waals surface area contributed by atoms with Crippen LogP contribution in [0.5, 0.6) is 0 Å². The first kappa shape index (κ1) is 103. The summed E-state index contributed by atoms with van der Waals surface area (Å²) in [6.07, 6.45) is 83.5. The SMILES string of the molecule is CCCCCCCCCCCCCCCCCC(=O)NCC[N+](C)(CC)CCNC(=O)CCCCCCCCCCCCCCCCC.CCCCCCCCCCCCCCCCCC(=O)NCC[N+](C)(CC)CCNC(=O)CCCCCCCCCCCCCCCCC.O=S(=O)([O-])[O-]. The van der Waals surface area contributed by atoms with E-state index in [0.717, 1.165) is 100 Å². The summed E-state index contributed by atoms with van der Waals surface area (Å²) < 4.78 is 35.8. The predicted molar refractivity (Wildman–Crippen MR) is 434 cm³/mol. The Hall–Kier alpha value is -2.33. The summed E-state index contributed by atoms with van der Waals surface area (Å²) in [6, 6.07) is 0. The zero-order valence-corrected chi connectivity index (χ0v) is 69.7. The van der Waals surface area contributed by atoms with E-state index >= 15 is 0 Å². The van der Waals surface area contributed by atoms with E-state index in [1.165, 1.54) is 360 Å². The number of hydrogen-bond donors (Lipinski definition) is 4. The van der Waals surface area contributed by atoms with Gasteiger partial charge in [-0.25, -0.2) is 0 Å². The van der Waals surface area contributed by atoms with Gasteiger partial charge in [0, 0.05) is 36.1 Å². The van der Waals surface area contributed by atoms with Crippen molar-refractivity contribution in [3.63, 3.8) is 0 Å². The highest BCUT2D eigenvalue weighted by atomic mass is 32.3. The smallest absolute Gasteiger partial charge is 0.220 e. The summed E-state index contributed by atoms with van der Waals surface area (Å²) in [5, 5.41) is 12.6. The summed E-state index contributed by atoms with van der Waals surface area (Å²) in [7, 11) is -0.691.